The van der Waals surface area contributed by atoms with Crippen LogP contribution in [0.25, 0.3) is 0 Å². The second kappa shape index (κ2) is 4.52. The van der Waals surface area contributed by atoms with Gasteiger partial charge in [-0.2, -0.15) is 0 Å². The van der Waals surface area contributed by atoms with Crippen molar-refractivity contribution in [3.05, 3.63) is 22.3 Å². The summed E-state index contributed by atoms with van der Waals surface area (Å²) < 4.78 is 1.10. The van der Waals surface area contributed by atoms with Gasteiger partial charge in [0.15, 0.2) is 0 Å². The largest absolute Gasteiger partial charge is 0.354 e. The van der Waals surface area contributed by atoms with Gasteiger partial charge >= 0.3 is 0 Å². The molecule has 0 bridgehead atoms. The molecule has 1 aliphatic carbocycles. The molecule has 82 valence electrons. The fourth-order valence-corrected chi connectivity index (χ4v) is 2.01. The Morgan fingerprint density at radius 2 is 2.27 bits per heavy atom. The Morgan fingerprint density at radius 1 is 1.53 bits per heavy atom. The van der Waals surface area contributed by atoms with Gasteiger partial charge in [0.05, 0.1) is 0 Å². The summed E-state index contributed by atoms with van der Waals surface area (Å²) in [5.74, 6) is 1.14. The van der Waals surface area contributed by atoms with Crippen molar-refractivity contribution in [2.75, 3.05) is 11.4 Å². The highest BCUT2D eigenvalue weighted by Gasteiger charge is 2.29. The summed E-state index contributed by atoms with van der Waals surface area (Å²) in [6.45, 7) is 5.46. The highest BCUT2D eigenvalue weighted by atomic mass is 79.9. The van der Waals surface area contributed by atoms with Crippen molar-refractivity contribution in [1.29, 1.82) is 0 Å². The van der Waals surface area contributed by atoms with Crippen molar-refractivity contribution in [2.24, 2.45) is 0 Å². The maximum atomic E-state index is 4.50. The van der Waals surface area contributed by atoms with Gasteiger partial charge in [0.25, 0.3) is 0 Å². The smallest absolute Gasteiger partial charge is 0.129 e. The number of halogens is 1. The molecule has 1 saturated carbocycles. The molecule has 1 aliphatic rings. The number of anilines is 1. The molecule has 0 unspecified atom stereocenters. The normalized spacial score (nSPS) is 15.4. The van der Waals surface area contributed by atoms with Crippen molar-refractivity contribution < 1.29 is 0 Å². The Hall–Kier alpha value is -0.570. The number of hydrogen-bond donors (Lipinski definition) is 0. The van der Waals surface area contributed by atoms with Crippen LogP contribution in [0.1, 0.15) is 31.7 Å². The van der Waals surface area contributed by atoms with Crippen LogP contribution < -0.4 is 4.90 Å². The number of hydrogen-bond acceptors (Lipinski definition) is 2. The van der Waals surface area contributed by atoms with Gasteiger partial charge in [-0.3, -0.25) is 0 Å². The first-order chi connectivity index (χ1) is 7.22. The van der Waals surface area contributed by atoms with Crippen LogP contribution in [-0.4, -0.2) is 17.6 Å². The lowest BCUT2D eigenvalue weighted by Gasteiger charge is -2.23. The SMILES string of the molecule is CCCN(c1cc(C)c(Br)cn1)C1CC1. The standard InChI is InChI=1S/C12H17BrN2/c1-3-6-15(10-4-5-10)12-7-9(2)11(13)8-14-12/h7-8,10H,3-6H2,1-2H3. The third kappa shape index (κ3) is 2.51. The zero-order valence-electron chi connectivity index (χ0n) is 9.33. The minimum Gasteiger partial charge on any atom is -0.354 e. The van der Waals surface area contributed by atoms with E-state index >= 15 is 0 Å². The van der Waals surface area contributed by atoms with Gasteiger partial charge in [0.1, 0.15) is 5.82 Å². The van der Waals surface area contributed by atoms with Gasteiger partial charge in [-0.05, 0) is 53.7 Å². The van der Waals surface area contributed by atoms with E-state index in [0.29, 0.717) is 0 Å². The van der Waals surface area contributed by atoms with Crippen molar-refractivity contribution in [3.63, 3.8) is 0 Å². The lowest BCUT2D eigenvalue weighted by molar-refractivity contribution is 0.750. The third-order valence-corrected chi connectivity index (χ3v) is 3.61. The minimum atomic E-state index is 0.748. The average molecular weight is 269 g/mol. The summed E-state index contributed by atoms with van der Waals surface area (Å²) >= 11 is 3.49. The lowest BCUT2D eigenvalue weighted by Crippen LogP contribution is -2.27. The fourth-order valence-electron chi connectivity index (χ4n) is 1.79. The Labute approximate surface area is 99.8 Å². The lowest BCUT2D eigenvalue weighted by atomic mass is 10.2. The summed E-state index contributed by atoms with van der Waals surface area (Å²) in [6.07, 6.45) is 5.76. The molecule has 3 heteroatoms. The van der Waals surface area contributed by atoms with Crippen LogP contribution in [0.15, 0.2) is 16.7 Å². The first-order valence-electron chi connectivity index (χ1n) is 5.61. The van der Waals surface area contributed by atoms with Crippen molar-refractivity contribution in [3.8, 4) is 0 Å². The van der Waals surface area contributed by atoms with Crippen LogP contribution in [0, 0.1) is 6.92 Å². The highest BCUT2D eigenvalue weighted by Crippen LogP contribution is 2.31. The van der Waals surface area contributed by atoms with Crippen molar-refractivity contribution >= 4 is 21.7 Å². The number of pyridine rings is 1. The van der Waals surface area contributed by atoms with E-state index in [0.717, 1.165) is 22.9 Å². The number of rotatable bonds is 4. The number of nitrogens with zero attached hydrogens (tertiary/aromatic N) is 2. The average Bonchev–Trinajstić information content (AvgIpc) is 3.02. The molecule has 1 fully saturated rings. The maximum absolute atomic E-state index is 4.50. The van der Waals surface area contributed by atoms with Crippen molar-refractivity contribution in [2.45, 2.75) is 39.2 Å². The molecule has 0 atom stereocenters. The molecule has 2 nitrogen and oxygen atoms in total. The first-order valence-corrected chi connectivity index (χ1v) is 6.40. The Bertz CT molecular complexity index is 347. The Balaban J connectivity index is 2.21. The zero-order valence-corrected chi connectivity index (χ0v) is 10.9. The molecule has 1 aromatic rings. The van der Waals surface area contributed by atoms with Crippen LogP contribution in [0.4, 0.5) is 5.82 Å². The van der Waals surface area contributed by atoms with Crippen LogP contribution in [-0.2, 0) is 0 Å². The van der Waals surface area contributed by atoms with Gasteiger partial charge < -0.3 is 4.90 Å². The van der Waals surface area contributed by atoms with E-state index in [1.165, 1.54) is 24.8 Å². The molecular formula is C12H17BrN2. The Morgan fingerprint density at radius 3 is 2.80 bits per heavy atom. The first kappa shape index (κ1) is 10.9. The second-order valence-corrected chi connectivity index (χ2v) is 5.07. The van der Waals surface area contributed by atoms with Gasteiger partial charge in [0, 0.05) is 23.3 Å². The third-order valence-electron chi connectivity index (χ3n) is 2.78. The van der Waals surface area contributed by atoms with E-state index in [1.807, 2.05) is 6.20 Å². The molecule has 1 heterocycles. The van der Waals surface area contributed by atoms with Crippen LogP contribution in [0.2, 0.25) is 0 Å². The molecule has 15 heavy (non-hydrogen) atoms. The highest BCUT2D eigenvalue weighted by molar-refractivity contribution is 9.10. The van der Waals surface area contributed by atoms with Gasteiger partial charge in [0.2, 0.25) is 0 Å². The fraction of sp³-hybridized carbons (Fsp3) is 0.583. The van der Waals surface area contributed by atoms with Crippen LogP contribution in [0.5, 0.6) is 0 Å². The molecule has 0 spiro atoms. The number of aromatic nitrogens is 1. The summed E-state index contributed by atoms with van der Waals surface area (Å²) in [5, 5.41) is 0. The molecule has 1 aromatic heterocycles. The maximum Gasteiger partial charge on any atom is 0.129 e. The topological polar surface area (TPSA) is 16.1 Å². The van der Waals surface area contributed by atoms with Gasteiger partial charge in [-0.1, -0.05) is 6.92 Å². The quantitative estimate of drug-likeness (QED) is 0.831. The molecule has 0 aromatic carbocycles. The van der Waals surface area contributed by atoms with E-state index < -0.39 is 0 Å². The summed E-state index contributed by atoms with van der Waals surface area (Å²) in [7, 11) is 0. The van der Waals surface area contributed by atoms with Gasteiger partial charge in [-0.25, -0.2) is 4.98 Å². The van der Waals surface area contributed by atoms with E-state index in [2.05, 4.69) is 45.7 Å². The summed E-state index contributed by atoms with van der Waals surface area (Å²) in [6, 6.07) is 2.93. The molecule has 0 N–H and O–H groups in total. The summed E-state index contributed by atoms with van der Waals surface area (Å²) in [4.78, 5) is 6.94. The monoisotopic (exact) mass is 268 g/mol. The number of aryl methyl sites for hydroxylation is 1. The Kier molecular flexibility index (Phi) is 3.29. The molecule has 2 rings (SSSR count). The zero-order chi connectivity index (χ0) is 10.8. The minimum absolute atomic E-state index is 0.748. The van der Waals surface area contributed by atoms with Gasteiger partial charge in [-0.15, -0.1) is 0 Å². The van der Waals surface area contributed by atoms with Crippen LogP contribution >= 0.6 is 15.9 Å². The second-order valence-electron chi connectivity index (χ2n) is 4.22. The molecule has 0 radical (unpaired) electrons. The van der Waals surface area contributed by atoms with E-state index in [9.17, 15) is 0 Å². The molecular weight excluding hydrogens is 252 g/mol. The predicted octanol–water partition coefficient (Wildman–Crippen LogP) is 3.53. The van der Waals surface area contributed by atoms with E-state index in [-0.39, 0.29) is 0 Å². The van der Waals surface area contributed by atoms with Crippen LogP contribution in [0.3, 0.4) is 0 Å². The molecule has 0 amide bonds. The molecule has 0 aliphatic heterocycles. The van der Waals surface area contributed by atoms with Crippen molar-refractivity contribution in [1.82, 2.24) is 4.98 Å². The summed E-state index contributed by atoms with van der Waals surface area (Å²) in [5.41, 5.74) is 1.27. The van der Waals surface area contributed by atoms with E-state index in [4.69, 9.17) is 0 Å². The molecule has 0 saturated heterocycles. The van der Waals surface area contributed by atoms with E-state index in [1.54, 1.807) is 0 Å². The predicted molar refractivity (Wildman–Crippen MR) is 67.3 cm³/mol.